The molecule has 0 fully saturated rings. The number of carbonyl (C=O) groups excluding carboxylic acids is 1. The van der Waals surface area contributed by atoms with Crippen LogP contribution in [0.4, 0.5) is 17.1 Å². The van der Waals surface area contributed by atoms with Crippen molar-refractivity contribution in [1.82, 2.24) is 0 Å². The van der Waals surface area contributed by atoms with Gasteiger partial charge in [0.05, 0.1) is 17.7 Å². The Bertz CT molecular complexity index is 1650. The highest BCUT2D eigenvalue weighted by Gasteiger charge is 2.21. The average Bonchev–Trinajstić information content (AvgIpc) is 2.87. The maximum absolute atomic E-state index is 13.1. The van der Waals surface area contributed by atoms with E-state index in [-0.39, 0.29) is 22.0 Å². The van der Waals surface area contributed by atoms with Crippen molar-refractivity contribution in [3.8, 4) is 11.5 Å². The molecule has 0 radical (unpaired) electrons. The number of nitrogens with one attached hydrogen (secondary N) is 1. The summed E-state index contributed by atoms with van der Waals surface area (Å²) >= 11 is 6.27. The Labute approximate surface area is 218 Å². The van der Waals surface area contributed by atoms with E-state index < -0.39 is 26.7 Å². The quantitative estimate of drug-likeness (QED) is 0.177. The Hall–Kier alpha value is -3.99. The Kier molecular flexibility index (Phi) is 7.44. The number of hydrogen-bond acceptors (Lipinski definition) is 7. The Morgan fingerprint density at radius 3 is 2.46 bits per heavy atom. The second kappa shape index (κ2) is 10.6. The number of aryl methyl sites for hydroxylation is 1. The molecule has 4 aromatic carbocycles. The zero-order valence-electron chi connectivity index (χ0n) is 19.8. The number of ether oxygens (including phenoxy) is 1. The van der Waals surface area contributed by atoms with Gasteiger partial charge in [0.2, 0.25) is 0 Å². The summed E-state index contributed by atoms with van der Waals surface area (Å²) in [4.78, 5) is 12.6. The van der Waals surface area contributed by atoms with Gasteiger partial charge in [-0.25, -0.2) is 0 Å². The van der Waals surface area contributed by atoms with Crippen LogP contribution in [0.5, 0.6) is 11.5 Å². The first-order valence-electron chi connectivity index (χ1n) is 11.0. The van der Waals surface area contributed by atoms with E-state index in [2.05, 4.69) is 15.5 Å². The van der Waals surface area contributed by atoms with Crippen molar-refractivity contribution in [2.24, 2.45) is 10.2 Å². The third kappa shape index (κ3) is 5.41. The number of nitrogens with zero attached hydrogens (tertiary/aromatic N) is 2. The first-order valence-corrected chi connectivity index (χ1v) is 12.9. The highest BCUT2D eigenvalue weighted by molar-refractivity contribution is 7.86. The van der Waals surface area contributed by atoms with Crippen LogP contribution in [-0.4, -0.2) is 31.1 Å². The number of phenols is 1. The van der Waals surface area contributed by atoms with Gasteiger partial charge in [-0.2, -0.15) is 8.42 Å². The monoisotopic (exact) mass is 539 g/mol. The predicted octanol–water partition coefficient (Wildman–Crippen LogP) is 6.68. The molecule has 37 heavy (non-hydrogen) atoms. The second-order valence-electron chi connectivity index (χ2n) is 7.94. The highest BCUT2D eigenvalue weighted by Crippen LogP contribution is 2.42. The minimum Gasteiger partial charge on any atom is -0.505 e. The summed E-state index contributed by atoms with van der Waals surface area (Å²) in [6.45, 7) is 1.81. The zero-order valence-corrected chi connectivity index (χ0v) is 21.3. The molecule has 4 aromatic rings. The van der Waals surface area contributed by atoms with Crippen LogP contribution in [0.15, 0.2) is 81.9 Å². The average molecular weight is 540 g/mol. The van der Waals surface area contributed by atoms with Crippen LogP contribution in [0.1, 0.15) is 22.8 Å². The molecule has 0 aromatic heterocycles. The molecule has 0 aliphatic rings. The van der Waals surface area contributed by atoms with Gasteiger partial charge < -0.3 is 15.2 Å². The highest BCUT2D eigenvalue weighted by atomic mass is 35.5. The van der Waals surface area contributed by atoms with Gasteiger partial charge in [-0.1, -0.05) is 54.9 Å². The number of rotatable bonds is 7. The fourth-order valence-corrected chi connectivity index (χ4v) is 4.85. The molecule has 3 N–H and O–H groups in total. The fraction of sp³-hybridized carbons (Fsp3) is 0.115. The van der Waals surface area contributed by atoms with Crippen molar-refractivity contribution in [2.75, 3.05) is 12.4 Å². The Morgan fingerprint density at radius 2 is 1.76 bits per heavy atom. The maximum Gasteiger partial charge on any atom is 0.296 e. The van der Waals surface area contributed by atoms with Crippen molar-refractivity contribution in [2.45, 2.75) is 18.2 Å². The van der Waals surface area contributed by atoms with Gasteiger partial charge in [0.25, 0.3) is 16.0 Å². The number of carbonyl (C=O) groups is 1. The number of aromatic hydroxyl groups is 1. The van der Waals surface area contributed by atoms with E-state index in [1.807, 2.05) is 6.92 Å². The number of hydrogen-bond donors (Lipinski definition) is 3. The van der Waals surface area contributed by atoms with Gasteiger partial charge in [0, 0.05) is 17.1 Å². The van der Waals surface area contributed by atoms with Gasteiger partial charge in [-0.3, -0.25) is 9.35 Å². The van der Waals surface area contributed by atoms with E-state index >= 15 is 0 Å². The molecule has 0 saturated heterocycles. The summed E-state index contributed by atoms with van der Waals surface area (Å²) in [6.07, 6.45) is 0.440. The van der Waals surface area contributed by atoms with Crippen LogP contribution in [0.3, 0.4) is 0 Å². The number of fused-ring (bicyclic) bond motifs is 1. The molecule has 0 bridgehead atoms. The van der Waals surface area contributed by atoms with Crippen LogP contribution in [0.2, 0.25) is 5.02 Å². The fourth-order valence-electron chi connectivity index (χ4n) is 3.77. The number of anilines is 1. The molecular weight excluding hydrogens is 518 g/mol. The number of azo groups is 1. The number of halogens is 1. The van der Waals surface area contributed by atoms with Crippen LogP contribution >= 0.6 is 11.6 Å². The molecule has 11 heteroatoms. The smallest absolute Gasteiger partial charge is 0.296 e. The minimum absolute atomic E-state index is 0.00993. The largest absolute Gasteiger partial charge is 0.505 e. The standard InChI is InChI=1S/C26H22ClN3O6S/c1-3-15-11-12-21(37(33,34)35)22(27)23(15)29-30-24-19-10-5-4-7-16(19)13-20(25(24)31)26(32)28-17-8-6-9-18(14-17)36-2/h4-14,31H,3H2,1-2H3,(H,28,32)(H,33,34,35). The third-order valence-corrected chi connectivity index (χ3v) is 7.03. The lowest BCUT2D eigenvalue weighted by atomic mass is 10.0. The molecule has 0 heterocycles. The molecule has 1 amide bonds. The van der Waals surface area contributed by atoms with Crippen molar-refractivity contribution in [1.29, 1.82) is 0 Å². The van der Waals surface area contributed by atoms with Gasteiger partial charge in [-0.15, -0.1) is 10.2 Å². The summed E-state index contributed by atoms with van der Waals surface area (Å²) in [5.74, 6) is -0.470. The molecule has 0 saturated carbocycles. The van der Waals surface area contributed by atoms with Gasteiger partial charge in [0.15, 0.2) is 5.75 Å². The van der Waals surface area contributed by atoms with Gasteiger partial charge >= 0.3 is 0 Å². The zero-order chi connectivity index (χ0) is 26.7. The van der Waals surface area contributed by atoms with Crippen LogP contribution in [0, 0.1) is 0 Å². The number of phenolic OH excluding ortho intramolecular Hbond substituents is 1. The topological polar surface area (TPSA) is 138 Å². The Balaban J connectivity index is 1.83. The van der Waals surface area contributed by atoms with Crippen LogP contribution in [-0.2, 0) is 16.5 Å². The van der Waals surface area contributed by atoms with E-state index in [0.29, 0.717) is 34.2 Å². The van der Waals surface area contributed by atoms with Crippen molar-refractivity contribution in [3.05, 3.63) is 82.9 Å². The van der Waals surface area contributed by atoms with Crippen molar-refractivity contribution in [3.63, 3.8) is 0 Å². The molecule has 4 rings (SSSR count). The molecule has 0 atom stereocenters. The maximum atomic E-state index is 13.1. The SMILES string of the molecule is CCc1ccc(S(=O)(=O)O)c(Cl)c1N=Nc1c(O)c(C(=O)Nc2cccc(OC)c2)cc2ccccc12. The van der Waals surface area contributed by atoms with E-state index in [9.17, 15) is 22.9 Å². The normalized spacial score (nSPS) is 11.7. The first kappa shape index (κ1) is 26.1. The Morgan fingerprint density at radius 1 is 1.03 bits per heavy atom. The summed E-state index contributed by atoms with van der Waals surface area (Å²) < 4.78 is 38.1. The van der Waals surface area contributed by atoms with Crippen molar-refractivity contribution >= 4 is 55.5 Å². The summed E-state index contributed by atoms with van der Waals surface area (Å²) in [7, 11) is -3.10. The lowest BCUT2D eigenvalue weighted by Gasteiger charge is -2.12. The minimum atomic E-state index is -4.60. The number of amides is 1. The molecule has 190 valence electrons. The van der Waals surface area contributed by atoms with Gasteiger partial charge in [0.1, 0.15) is 22.0 Å². The molecule has 0 spiro atoms. The molecule has 9 nitrogen and oxygen atoms in total. The number of methoxy groups -OCH3 is 1. The molecule has 0 aliphatic heterocycles. The van der Waals surface area contributed by atoms with Crippen molar-refractivity contribution < 1.29 is 27.6 Å². The summed E-state index contributed by atoms with van der Waals surface area (Å²) in [6, 6.07) is 17.9. The first-order chi connectivity index (χ1) is 17.6. The van der Waals surface area contributed by atoms with Crippen LogP contribution < -0.4 is 10.1 Å². The van der Waals surface area contributed by atoms with E-state index in [4.69, 9.17) is 16.3 Å². The summed E-state index contributed by atoms with van der Waals surface area (Å²) in [5.41, 5.74) is 0.987. The lowest BCUT2D eigenvalue weighted by Crippen LogP contribution is -2.12. The predicted molar refractivity (Wildman–Crippen MR) is 141 cm³/mol. The second-order valence-corrected chi connectivity index (χ2v) is 9.71. The molecule has 0 unspecified atom stereocenters. The lowest BCUT2D eigenvalue weighted by molar-refractivity contribution is 0.102. The van der Waals surface area contributed by atoms with E-state index in [1.54, 1.807) is 48.5 Å². The third-order valence-electron chi connectivity index (χ3n) is 5.64. The number of benzene rings is 4. The molecular formula is C26H22ClN3O6S. The van der Waals surface area contributed by atoms with E-state index in [1.165, 1.54) is 25.3 Å². The van der Waals surface area contributed by atoms with Gasteiger partial charge in [-0.05, 0) is 41.6 Å². The molecule has 0 aliphatic carbocycles. The summed E-state index contributed by atoms with van der Waals surface area (Å²) in [5, 5.41) is 23.0. The van der Waals surface area contributed by atoms with Crippen LogP contribution in [0.25, 0.3) is 10.8 Å². The van der Waals surface area contributed by atoms with E-state index in [0.717, 1.165) is 0 Å².